The topological polar surface area (TPSA) is 58.5 Å². The number of benzene rings is 1. The van der Waals surface area contributed by atoms with Gasteiger partial charge in [0, 0.05) is 15.6 Å². The van der Waals surface area contributed by atoms with Crippen molar-refractivity contribution < 1.29 is 8.42 Å². The van der Waals surface area contributed by atoms with Crippen molar-refractivity contribution >= 4 is 31.7 Å². The van der Waals surface area contributed by atoms with Crippen LogP contribution in [0, 0.1) is 23.2 Å². The predicted octanol–water partition coefficient (Wildman–Crippen LogP) is 4.32. The Hall–Kier alpha value is -0.880. The third-order valence-electron chi connectivity index (χ3n) is 6.26. The van der Waals surface area contributed by atoms with Gasteiger partial charge in [0.15, 0.2) is 0 Å². The summed E-state index contributed by atoms with van der Waals surface area (Å²) in [6.45, 7) is 2.01. The lowest BCUT2D eigenvalue weighted by molar-refractivity contribution is -0.0127. The summed E-state index contributed by atoms with van der Waals surface area (Å²) in [7, 11) is -3.60. The number of halogens is 1. The highest BCUT2D eigenvalue weighted by atomic mass is 79.9. The van der Waals surface area contributed by atoms with E-state index in [1.54, 1.807) is 24.3 Å². The van der Waals surface area contributed by atoms with E-state index >= 15 is 0 Å². The van der Waals surface area contributed by atoms with Crippen LogP contribution in [-0.4, -0.2) is 14.1 Å². The van der Waals surface area contributed by atoms with Crippen molar-refractivity contribution in [2.24, 2.45) is 28.3 Å². The van der Waals surface area contributed by atoms with Crippen LogP contribution in [0.25, 0.3) is 0 Å². The maximum absolute atomic E-state index is 12.4. The number of rotatable bonds is 4. The molecule has 0 saturated heterocycles. The predicted molar refractivity (Wildman–Crippen MR) is 98.2 cm³/mol. The number of sulfonamides is 1. The molecule has 0 heterocycles. The molecule has 1 aromatic rings. The molecule has 4 aliphatic carbocycles. The summed E-state index contributed by atoms with van der Waals surface area (Å²) in [6, 6.07) is 6.62. The van der Waals surface area contributed by atoms with Crippen LogP contribution in [0.15, 0.2) is 38.7 Å². The first kappa shape index (κ1) is 16.6. The quantitative estimate of drug-likeness (QED) is 0.593. The second kappa shape index (κ2) is 5.84. The van der Waals surface area contributed by atoms with E-state index in [4.69, 9.17) is 0 Å². The Kier molecular flexibility index (Phi) is 4.03. The average Bonchev–Trinajstić information content (AvgIpc) is 2.52. The molecule has 24 heavy (non-hydrogen) atoms. The molecule has 0 aliphatic heterocycles. The largest absolute Gasteiger partial charge is 0.276 e. The average molecular weight is 411 g/mol. The number of nitrogens with zero attached hydrogens (tertiary/aromatic N) is 1. The Labute approximate surface area is 152 Å². The monoisotopic (exact) mass is 410 g/mol. The first-order valence-electron chi connectivity index (χ1n) is 8.68. The molecule has 1 aromatic carbocycles. The molecule has 4 saturated carbocycles. The molecule has 130 valence electrons. The van der Waals surface area contributed by atoms with E-state index in [9.17, 15) is 8.42 Å². The van der Waals surface area contributed by atoms with Gasteiger partial charge in [-0.1, -0.05) is 15.9 Å². The van der Waals surface area contributed by atoms with Crippen LogP contribution in [0.4, 0.5) is 0 Å². The van der Waals surface area contributed by atoms with Crippen LogP contribution in [0.1, 0.15) is 45.4 Å². The van der Waals surface area contributed by atoms with Crippen molar-refractivity contribution in [3.05, 3.63) is 28.7 Å². The van der Waals surface area contributed by atoms with Crippen molar-refractivity contribution in [3.63, 3.8) is 0 Å². The number of hydrogen-bond donors (Lipinski definition) is 1. The van der Waals surface area contributed by atoms with Gasteiger partial charge >= 0.3 is 0 Å². The third-order valence-corrected chi connectivity index (χ3v) is 8.02. The molecular weight excluding hydrogens is 388 g/mol. The number of hydrazone groups is 1. The summed E-state index contributed by atoms with van der Waals surface area (Å²) in [5.74, 6) is 2.47. The molecule has 4 aliphatic rings. The van der Waals surface area contributed by atoms with Crippen LogP contribution in [0.5, 0.6) is 0 Å². The molecule has 0 atom stereocenters. The molecule has 4 fully saturated rings. The van der Waals surface area contributed by atoms with E-state index in [1.165, 1.54) is 38.5 Å². The lowest BCUT2D eigenvalue weighted by Gasteiger charge is -2.56. The van der Waals surface area contributed by atoms with Gasteiger partial charge in [-0.25, -0.2) is 4.83 Å². The fraction of sp³-hybridized carbons (Fsp3) is 0.611. The van der Waals surface area contributed by atoms with Gasteiger partial charge in [-0.2, -0.15) is 13.5 Å². The molecule has 0 aromatic heterocycles. The van der Waals surface area contributed by atoms with E-state index in [0.717, 1.165) is 27.9 Å². The normalized spacial score (nSPS) is 35.2. The fourth-order valence-corrected chi connectivity index (χ4v) is 6.59. The standard InChI is InChI=1S/C18H23BrN2O2S/c1-12(18-9-13-6-14(10-18)8-15(7-13)11-18)20-21-24(22,23)17-4-2-16(19)3-5-17/h2-5,13-15,21H,6-11H2,1H3/b20-12-. The van der Waals surface area contributed by atoms with E-state index < -0.39 is 10.0 Å². The molecule has 4 nitrogen and oxygen atoms in total. The Morgan fingerprint density at radius 3 is 2.08 bits per heavy atom. The molecule has 0 radical (unpaired) electrons. The minimum Gasteiger partial charge on any atom is -0.200 e. The molecule has 0 spiro atoms. The highest BCUT2D eigenvalue weighted by molar-refractivity contribution is 9.10. The van der Waals surface area contributed by atoms with Crippen molar-refractivity contribution in [3.8, 4) is 0 Å². The summed E-state index contributed by atoms with van der Waals surface area (Å²) < 4.78 is 25.7. The maximum atomic E-state index is 12.4. The zero-order valence-electron chi connectivity index (χ0n) is 13.8. The minimum absolute atomic E-state index is 0.136. The van der Waals surface area contributed by atoms with Crippen molar-refractivity contribution in [2.75, 3.05) is 0 Å². The summed E-state index contributed by atoms with van der Waals surface area (Å²) >= 11 is 3.32. The van der Waals surface area contributed by atoms with Crippen molar-refractivity contribution in [2.45, 2.75) is 50.3 Å². The number of hydrogen-bond acceptors (Lipinski definition) is 3. The van der Waals surface area contributed by atoms with Crippen LogP contribution >= 0.6 is 15.9 Å². The Morgan fingerprint density at radius 2 is 1.58 bits per heavy atom. The molecule has 4 bridgehead atoms. The second-order valence-electron chi connectivity index (χ2n) is 7.94. The van der Waals surface area contributed by atoms with Crippen LogP contribution in [-0.2, 0) is 10.0 Å². The highest BCUT2D eigenvalue weighted by Crippen LogP contribution is 2.60. The van der Waals surface area contributed by atoms with Gasteiger partial charge in [0.25, 0.3) is 10.0 Å². The fourth-order valence-electron chi connectivity index (χ4n) is 5.47. The smallest absolute Gasteiger partial charge is 0.200 e. The van der Waals surface area contributed by atoms with Crippen LogP contribution in [0.3, 0.4) is 0 Å². The first-order valence-corrected chi connectivity index (χ1v) is 11.0. The van der Waals surface area contributed by atoms with E-state index in [-0.39, 0.29) is 10.3 Å². The zero-order chi connectivity index (χ0) is 16.9. The van der Waals surface area contributed by atoms with Gasteiger partial charge in [0.2, 0.25) is 0 Å². The van der Waals surface area contributed by atoms with Gasteiger partial charge in [-0.3, -0.25) is 0 Å². The van der Waals surface area contributed by atoms with Crippen LogP contribution < -0.4 is 4.83 Å². The molecule has 5 rings (SSSR count). The zero-order valence-corrected chi connectivity index (χ0v) is 16.2. The van der Waals surface area contributed by atoms with Gasteiger partial charge in [-0.05, 0) is 87.5 Å². The summed E-state index contributed by atoms with van der Waals surface area (Å²) in [5, 5.41) is 4.35. The van der Waals surface area contributed by atoms with E-state index in [0.29, 0.717) is 0 Å². The van der Waals surface area contributed by atoms with Gasteiger partial charge in [0.1, 0.15) is 0 Å². The Balaban J connectivity index is 1.54. The molecular formula is C18H23BrN2O2S. The molecule has 0 amide bonds. The Morgan fingerprint density at radius 1 is 1.08 bits per heavy atom. The summed E-state index contributed by atoms with van der Waals surface area (Å²) in [6.07, 6.45) is 7.68. The van der Waals surface area contributed by atoms with Crippen molar-refractivity contribution in [1.29, 1.82) is 0 Å². The van der Waals surface area contributed by atoms with Gasteiger partial charge in [0.05, 0.1) is 4.90 Å². The Bertz CT molecular complexity index is 735. The molecule has 1 N–H and O–H groups in total. The SMILES string of the molecule is C/C(=N/NS(=O)(=O)c1ccc(Br)cc1)C12CC3CC(CC(C3)C1)C2. The summed E-state index contributed by atoms with van der Waals surface area (Å²) in [4.78, 5) is 2.71. The third kappa shape index (κ3) is 2.92. The van der Waals surface area contributed by atoms with Gasteiger partial charge in [-0.15, -0.1) is 0 Å². The van der Waals surface area contributed by atoms with E-state index in [1.807, 2.05) is 6.92 Å². The first-order chi connectivity index (χ1) is 11.4. The molecule has 0 unspecified atom stereocenters. The lowest BCUT2D eigenvalue weighted by Crippen LogP contribution is -2.49. The van der Waals surface area contributed by atoms with Crippen LogP contribution in [0.2, 0.25) is 0 Å². The lowest BCUT2D eigenvalue weighted by atomic mass is 9.48. The minimum atomic E-state index is -3.60. The highest BCUT2D eigenvalue weighted by Gasteiger charge is 2.52. The van der Waals surface area contributed by atoms with Crippen molar-refractivity contribution in [1.82, 2.24) is 4.83 Å². The van der Waals surface area contributed by atoms with E-state index in [2.05, 4.69) is 25.9 Å². The van der Waals surface area contributed by atoms with Gasteiger partial charge < -0.3 is 0 Å². The number of nitrogens with one attached hydrogen (secondary N) is 1. The summed E-state index contributed by atoms with van der Waals surface area (Å²) in [5.41, 5.74) is 1.11. The maximum Gasteiger partial charge on any atom is 0.276 e. The second-order valence-corrected chi connectivity index (χ2v) is 10.5. The molecule has 6 heteroatoms.